The lowest BCUT2D eigenvalue weighted by Crippen LogP contribution is -2.46. The standard InChI is InChI=1S/C20H27N3O5S2/c1-29(24,25)21-12-2-4-15-6-8-16(9-7-15)28-17-10-11-18-19(14-17)30(26,27)22-20-5-3-13-23(18)20/h6-11,14,20-22,26-27H,2-5,12-13H2,1H3. The van der Waals surface area contributed by atoms with Crippen LogP contribution >= 0.6 is 10.8 Å². The zero-order chi connectivity index (χ0) is 21.4. The Hall–Kier alpha value is -1.82. The molecule has 1 fully saturated rings. The summed E-state index contributed by atoms with van der Waals surface area (Å²) in [7, 11) is -6.21. The summed E-state index contributed by atoms with van der Waals surface area (Å²) in [6.45, 7) is 1.30. The number of benzene rings is 2. The second-order valence-electron chi connectivity index (χ2n) is 7.66. The summed E-state index contributed by atoms with van der Waals surface area (Å²) in [6.07, 6.45) is 4.49. The predicted molar refractivity (Wildman–Crippen MR) is 119 cm³/mol. The Bertz CT molecular complexity index is 1010. The number of anilines is 1. The molecule has 2 heterocycles. The third-order valence-corrected chi connectivity index (χ3v) is 7.54. The van der Waals surface area contributed by atoms with E-state index in [2.05, 4.69) is 14.3 Å². The number of fused-ring (bicyclic) bond motifs is 3. The van der Waals surface area contributed by atoms with Crippen LogP contribution in [0.15, 0.2) is 47.4 Å². The first kappa shape index (κ1) is 21.4. The molecule has 0 amide bonds. The number of hydrogen-bond acceptors (Lipinski definition) is 7. The van der Waals surface area contributed by atoms with Crippen molar-refractivity contribution in [3.63, 3.8) is 0 Å². The second kappa shape index (κ2) is 8.37. The molecular weight excluding hydrogens is 426 g/mol. The average Bonchev–Trinajstić information content (AvgIpc) is 3.13. The maximum Gasteiger partial charge on any atom is 0.208 e. The first-order chi connectivity index (χ1) is 14.2. The molecule has 1 unspecified atom stereocenters. The summed E-state index contributed by atoms with van der Waals surface area (Å²) >= 11 is 0. The van der Waals surface area contributed by atoms with Crippen molar-refractivity contribution >= 4 is 26.5 Å². The van der Waals surface area contributed by atoms with Gasteiger partial charge in [-0.3, -0.25) is 9.11 Å². The van der Waals surface area contributed by atoms with Gasteiger partial charge < -0.3 is 9.64 Å². The van der Waals surface area contributed by atoms with Crippen molar-refractivity contribution in [2.75, 3.05) is 24.2 Å². The Kier molecular flexibility index (Phi) is 5.97. The molecule has 2 aromatic rings. The van der Waals surface area contributed by atoms with Gasteiger partial charge in [-0.25, -0.2) is 13.1 Å². The second-order valence-corrected chi connectivity index (χ2v) is 11.3. The minimum absolute atomic E-state index is 0.0329. The minimum Gasteiger partial charge on any atom is -0.457 e. The van der Waals surface area contributed by atoms with Gasteiger partial charge >= 0.3 is 0 Å². The van der Waals surface area contributed by atoms with Crippen molar-refractivity contribution in [1.29, 1.82) is 0 Å². The van der Waals surface area contributed by atoms with Crippen molar-refractivity contribution in [1.82, 2.24) is 9.44 Å². The molecule has 4 N–H and O–H groups in total. The molecule has 0 radical (unpaired) electrons. The first-order valence-electron chi connectivity index (χ1n) is 9.89. The van der Waals surface area contributed by atoms with Gasteiger partial charge in [-0.1, -0.05) is 12.1 Å². The highest BCUT2D eigenvalue weighted by Gasteiger charge is 2.38. The monoisotopic (exact) mass is 453 g/mol. The average molecular weight is 454 g/mol. The van der Waals surface area contributed by atoms with E-state index < -0.39 is 20.8 Å². The number of nitrogens with one attached hydrogen (secondary N) is 2. The SMILES string of the molecule is CS(=O)(=O)NCCCc1ccc(Oc2ccc3c(c2)S(O)(O)NC2CCCN32)cc1. The van der Waals surface area contributed by atoms with Crippen LogP contribution in [0.1, 0.15) is 24.8 Å². The van der Waals surface area contributed by atoms with E-state index in [9.17, 15) is 17.5 Å². The van der Waals surface area contributed by atoms with Gasteiger partial charge in [-0.15, -0.1) is 10.8 Å². The molecule has 0 aromatic heterocycles. The molecule has 1 saturated heterocycles. The van der Waals surface area contributed by atoms with Crippen molar-refractivity contribution in [3.05, 3.63) is 48.0 Å². The maximum atomic E-state index is 11.1. The molecule has 164 valence electrons. The smallest absolute Gasteiger partial charge is 0.208 e. The number of aryl methyl sites for hydroxylation is 1. The summed E-state index contributed by atoms with van der Waals surface area (Å²) in [4.78, 5) is 2.64. The van der Waals surface area contributed by atoms with Crippen LogP contribution in [0, 0.1) is 0 Å². The zero-order valence-electron chi connectivity index (χ0n) is 16.7. The van der Waals surface area contributed by atoms with Gasteiger partial charge in [0.2, 0.25) is 10.0 Å². The number of sulfonamides is 1. The summed E-state index contributed by atoms with van der Waals surface area (Å²) in [5.41, 5.74) is 1.93. The molecule has 10 heteroatoms. The van der Waals surface area contributed by atoms with Crippen LogP contribution < -0.4 is 19.1 Å². The van der Waals surface area contributed by atoms with Crippen molar-refractivity contribution < 1.29 is 22.3 Å². The van der Waals surface area contributed by atoms with E-state index in [1.807, 2.05) is 36.4 Å². The summed E-state index contributed by atoms with van der Waals surface area (Å²) in [5, 5.41) is 0. The lowest BCUT2D eigenvalue weighted by molar-refractivity contribution is 0.440. The molecule has 0 aliphatic carbocycles. The highest BCUT2D eigenvalue weighted by atomic mass is 32.3. The Balaban J connectivity index is 1.41. The van der Waals surface area contributed by atoms with Gasteiger partial charge in [0.25, 0.3) is 0 Å². The van der Waals surface area contributed by atoms with E-state index in [0.29, 0.717) is 29.4 Å². The molecule has 2 aliphatic rings. The number of rotatable bonds is 7. The molecule has 2 aromatic carbocycles. The number of nitrogens with zero attached hydrogens (tertiary/aromatic N) is 1. The van der Waals surface area contributed by atoms with Crippen LogP contribution in [-0.2, 0) is 16.4 Å². The number of hydrogen-bond donors (Lipinski definition) is 4. The van der Waals surface area contributed by atoms with Crippen molar-refractivity contribution in [2.24, 2.45) is 0 Å². The molecule has 0 bridgehead atoms. The third kappa shape index (κ3) is 4.90. The van der Waals surface area contributed by atoms with E-state index >= 15 is 0 Å². The molecule has 0 spiro atoms. The van der Waals surface area contributed by atoms with Gasteiger partial charge in [0.15, 0.2) is 0 Å². The van der Waals surface area contributed by atoms with Gasteiger partial charge in [0.05, 0.1) is 18.1 Å². The summed E-state index contributed by atoms with van der Waals surface area (Å²) in [5.74, 6) is 1.19. The fourth-order valence-electron chi connectivity index (χ4n) is 3.86. The molecule has 4 rings (SSSR count). The Morgan fingerprint density at radius 2 is 1.93 bits per heavy atom. The quantitative estimate of drug-likeness (QED) is 0.475. The highest BCUT2D eigenvalue weighted by Crippen LogP contribution is 2.55. The first-order valence-corrected chi connectivity index (χ1v) is 13.3. The van der Waals surface area contributed by atoms with Gasteiger partial charge in [-0.05, 0) is 55.5 Å². The van der Waals surface area contributed by atoms with E-state index in [1.54, 1.807) is 6.07 Å². The van der Waals surface area contributed by atoms with E-state index in [4.69, 9.17) is 4.74 Å². The van der Waals surface area contributed by atoms with Gasteiger partial charge in [0, 0.05) is 19.2 Å². The van der Waals surface area contributed by atoms with E-state index in [0.717, 1.165) is 43.3 Å². The fraction of sp³-hybridized carbons (Fsp3) is 0.400. The molecule has 30 heavy (non-hydrogen) atoms. The van der Waals surface area contributed by atoms with Crippen LogP contribution in [0.25, 0.3) is 0 Å². The van der Waals surface area contributed by atoms with Crippen LogP contribution in [-0.4, -0.2) is 43.0 Å². The Morgan fingerprint density at radius 1 is 1.20 bits per heavy atom. The van der Waals surface area contributed by atoms with Crippen molar-refractivity contribution in [3.8, 4) is 11.5 Å². The molecule has 0 saturated carbocycles. The molecule has 2 aliphatic heterocycles. The molecular formula is C20H27N3O5S2. The van der Waals surface area contributed by atoms with E-state index in [-0.39, 0.29) is 6.17 Å². The highest BCUT2D eigenvalue weighted by molar-refractivity contribution is 8.22. The normalized spacial score (nSPS) is 21.0. The third-order valence-electron chi connectivity index (χ3n) is 5.27. The summed E-state index contributed by atoms with van der Waals surface area (Å²) < 4.78 is 54.6. The van der Waals surface area contributed by atoms with E-state index in [1.165, 1.54) is 0 Å². The van der Waals surface area contributed by atoms with Crippen LogP contribution in [0.4, 0.5) is 5.69 Å². The lowest BCUT2D eigenvalue weighted by atomic mass is 10.1. The van der Waals surface area contributed by atoms with Crippen molar-refractivity contribution in [2.45, 2.75) is 36.7 Å². The Labute approximate surface area is 178 Å². The van der Waals surface area contributed by atoms with Gasteiger partial charge in [0.1, 0.15) is 16.4 Å². The number of ether oxygens (including phenoxy) is 1. The maximum absolute atomic E-state index is 11.1. The van der Waals surface area contributed by atoms with Crippen LogP contribution in [0.5, 0.6) is 11.5 Å². The van der Waals surface area contributed by atoms with Crippen LogP contribution in [0.2, 0.25) is 0 Å². The predicted octanol–water partition coefficient (Wildman–Crippen LogP) is 3.51. The minimum atomic E-state index is -3.15. The molecule has 8 nitrogen and oxygen atoms in total. The zero-order valence-corrected chi connectivity index (χ0v) is 18.4. The van der Waals surface area contributed by atoms with Gasteiger partial charge in [-0.2, -0.15) is 4.72 Å². The Morgan fingerprint density at radius 3 is 2.67 bits per heavy atom. The largest absolute Gasteiger partial charge is 0.457 e. The van der Waals surface area contributed by atoms with Crippen LogP contribution in [0.3, 0.4) is 0 Å². The topological polar surface area (TPSA) is 111 Å². The lowest BCUT2D eigenvalue weighted by Gasteiger charge is -2.46. The molecule has 1 atom stereocenters. The summed E-state index contributed by atoms with van der Waals surface area (Å²) in [6, 6.07) is 13.0. The fourth-order valence-corrected chi connectivity index (χ4v) is 5.89.